The summed E-state index contributed by atoms with van der Waals surface area (Å²) in [7, 11) is 1.73. The number of aryl methyl sites for hydroxylation is 1. The van der Waals surface area contributed by atoms with Crippen LogP contribution >= 0.6 is 11.8 Å². The number of likely N-dealkylation sites (N-methyl/N-ethyl adjacent to an activating group) is 1. The molecule has 0 heterocycles. The second-order valence-electron chi connectivity index (χ2n) is 8.83. The van der Waals surface area contributed by atoms with Gasteiger partial charge >= 0.3 is 0 Å². The highest BCUT2D eigenvalue weighted by Crippen LogP contribution is 2.31. The van der Waals surface area contributed by atoms with E-state index in [1.807, 2.05) is 13.0 Å². The van der Waals surface area contributed by atoms with E-state index in [0.29, 0.717) is 18.6 Å². The number of hydrogen-bond donors (Lipinski definition) is 3. The Morgan fingerprint density at radius 2 is 1.81 bits per heavy atom. The maximum absolute atomic E-state index is 12.8. The zero-order chi connectivity index (χ0) is 22.4. The summed E-state index contributed by atoms with van der Waals surface area (Å²) in [6.07, 6.45) is 5.16. The highest BCUT2D eigenvalue weighted by molar-refractivity contribution is 7.99. The normalized spacial score (nSPS) is 25.3. The van der Waals surface area contributed by atoms with Crippen LogP contribution in [0.3, 0.4) is 0 Å². The Labute approximate surface area is 189 Å². The van der Waals surface area contributed by atoms with Gasteiger partial charge in [-0.25, -0.2) is 0 Å². The Bertz CT molecular complexity index is 800. The second kappa shape index (κ2) is 11.1. The van der Waals surface area contributed by atoms with Gasteiger partial charge in [0.15, 0.2) is 5.78 Å². The number of carbonyl (C=O) groups excluding carboxylic acids is 3. The molecule has 2 aliphatic carbocycles. The van der Waals surface area contributed by atoms with Crippen molar-refractivity contribution in [1.29, 1.82) is 0 Å². The Kier molecular flexibility index (Phi) is 8.55. The van der Waals surface area contributed by atoms with Gasteiger partial charge in [-0.05, 0) is 57.2 Å². The quantitative estimate of drug-likeness (QED) is 0.573. The lowest BCUT2D eigenvalue weighted by atomic mass is 9.87. The molecule has 1 fully saturated rings. The molecule has 6 nitrogen and oxygen atoms in total. The van der Waals surface area contributed by atoms with Crippen LogP contribution in [-0.4, -0.2) is 47.7 Å². The lowest BCUT2D eigenvalue weighted by molar-refractivity contribution is -0.129. The summed E-state index contributed by atoms with van der Waals surface area (Å²) in [6.45, 7) is 3.74. The van der Waals surface area contributed by atoms with Crippen LogP contribution in [0.2, 0.25) is 0 Å². The van der Waals surface area contributed by atoms with Crippen molar-refractivity contribution < 1.29 is 14.4 Å². The first-order valence-electron chi connectivity index (χ1n) is 11.4. The van der Waals surface area contributed by atoms with Crippen molar-refractivity contribution in [3.05, 3.63) is 35.4 Å². The van der Waals surface area contributed by atoms with Gasteiger partial charge in [0.25, 0.3) is 0 Å². The summed E-state index contributed by atoms with van der Waals surface area (Å²) in [5.41, 5.74) is 2.59. The number of carbonyl (C=O) groups is 3. The van der Waals surface area contributed by atoms with Crippen molar-refractivity contribution in [2.24, 2.45) is 5.92 Å². The molecule has 0 bridgehead atoms. The minimum atomic E-state index is -0.382. The van der Waals surface area contributed by atoms with Crippen LogP contribution in [0.5, 0.6) is 0 Å². The molecule has 2 aliphatic rings. The topological polar surface area (TPSA) is 87.3 Å². The fourth-order valence-corrected chi connectivity index (χ4v) is 5.58. The molecule has 0 saturated heterocycles. The van der Waals surface area contributed by atoms with Crippen LogP contribution < -0.4 is 16.0 Å². The van der Waals surface area contributed by atoms with Gasteiger partial charge in [0.05, 0.1) is 18.1 Å². The minimum absolute atomic E-state index is 0.0857. The molecule has 0 aromatic heterocycles. The molecule has 3 rings (SSSR count). The highest BCUT2D eigenvalue weighted by Gasteiger charge is 2.31. The predicted molar refractivity (Wildman–Crippen MR) is 125 cm³/mol. The largest absolute Gasteiger partial charge is 0.349 e. The van der Waals surface area contributed by atoms with Crippen LogP contribution in [0.25, 0.3) is 0 Å². The third-order valence-corrected chi connectivity index (χ3v) is 8.02. The van der Waals surface area contributed by atoms with Gasteiger partial charge < -0.3 is 16.0 Å². The number of Topliss-reactive ketones (excluding diaryl/α,β-unsaturated/α-hetero) is 1. The predicted octanol–water partition coefficient (Wildman–Crippen LogP) is 2.76. The van der Waals surface area contributed by atoms with Crippen molar-refractivity contribution in [3.8, 4) is 0 Å². The molecule has 0 aliphatic heterocycles. The van der Waals surface area contributed by atoms with E-state index in [0.717, 1.165) is 25.7 Å². The van der Waals surface area contributed by atoms with Gasteiger partial charge in [0, 0.05) is 23.3 Å². The van der Waals surface area contributed by atoms with Crippen molar-refractivity contribution in [3.63, 3.8) is 0 Å². The molecular weight excluding hydrogens is 410 g/mol. The van der Waals surface area contributed by atoms with Crippen LogP contribution in [-0.2, 0) is 20.8 Å². The Morgan fingerprint density at radius 1 is 1.06 bits per heavy atom. The summed E-state index contributed by atoms with van der Waals surface area (Å²) in [6, 6.07) is 7.79. The third-order valence-electron chi connectivity index (χ3n) is 6.45. The number of fused-ring (bicyclic) bond motifs is 1. The summed E-state index contributed by atoms with van der Waals surface area (Å²) in [5.74, 6) is 0.634. The molecule has 7 heteroatoms. The summed E-state index contributed by atoms with van der Waals surface area (Å²) >= 11 is 1.71. The molecule has 1 saturated carbocycles. The van der Waals surface area contributed by atoms with E-state index in [9.17, 15) is 14.4 Å². The number of rotatable bonds is 8. The fourth-order valence-electron chi connectivity index (χ4n) is 4.28. The van der Waals surface area contributed by atoms with Crippen LogP contribution in [0, 0.1) is 5.92 Å². The van der Waals surface area contributed by atoms with Crippen LogP contribution in [0.4, 0.5) is 0 Å². The molecule has 3 N–H and O–H groups in total. The van der Waals surface area contributed by atoms with E-state index >= 15 is 0 Å². The van der Waals surface area contributed by atoms with Crippen molar-refractivity contribution in [2.75, 3.05) is 12.8 Å². The zero-order valence-corrected chi connectivity index (χ0v) is 19.6. The van der Waals surface area contributed by atoms with E-state index in [4.69, 9.17) is 0 Å². The summed E-state index contributed by atoms with van der Waals surface area (Å²) in [4.78, 5) is 37.3. The number of benzene rings is 1. The minimum Gasteiger partial charge on any atom is -0.349 e. The van der Waals surface area contributed by atoms with E-state index in [2.05, 4.69) is 34.1 Å². The van der Waals surface area contributed by atoms with Gasteiger partial charge in [-0.2, -0.15) is 11.8 Å². The number of ketones is 1. The Morgan fingerprint density at radius 3 is 2.55 bits per heavy atom. The average Bonchev–Trinajstić information content (AvgIpc) is 2.78. The molecular formula is C24H35N3O3S. The highest BCUT2D eigenvalue weighted by atomic mass is 32.2. The van der Waals surface area contributed by atoms with Gasteiger partial charge in [-0.15, -0.1) is 0 Å². The number of amides is 2. The van der Waals surface area contributed by atoms with Crippen LogP contribution in [0.15, 0.2) is 24.3 Å². The van der Waals surface area contributed by atoms with E-state index < -0.39 is 0 Å². The SMILES string of the molecule is CN[C@@H](C)C(=O)NC1CCC(SCC(C)C(=O)N[C@@H]2CCCc3ccccc32)CC1=O. The fraction of sp³-hybridized carbons (Fsp3) is 0.625. The Hall–Kier alpha value is -1.86. The molecule has 3 unspecified atom stereocenters. The number of thioether (sulfide) groups is 1. The van der Waals surface area contributed by atoms with Gasteiger partial charge in [0.1, 0.15) is 0 Å². The monoisotopic (exact) mass is 445 g/mol. The standard InChI is InChI=1S/C24H35N3O3S/c1-15(23(29)26-20-10-6-8-17-7-4-5-9-19(17)20)14-31-18-11-12-21(22(28)13-18)27-24(30)16(2)25-3/h4-5,7,9,15-16,18,20-21,25H,6,8,10-14H2,1-3H3,(H,26,29)(H,27,30)/t15?,16-,18?,20+,21?/m0/s1. The molecule has 0 radical (unpaired) electrons. The van der Waals surface area contributed by atoms with Crippen LogP contribution in [0.1, 0.15) is 63.1 Å². The van der Waals surface area contributed by atoms with Gasteiger partial charge in [-0.3, -0.25) is 14.4 Å². The van der Waals surface area contributed by atoms with Gasteiger partial charge in [0.2, 0.25) is 11.8 Å². The molecule has 5 atom stereocenters. The smallest absolute Gasteiger partial charge is 0.237 e. The maximum atomic E-state index is 12.8. The molecule has 1 aromatic rings. The second-order valence-corrected chi connectivity index (χ2v) is 10.2. The third kappa shape index (κ3) is 6.32. The van der Waals surface area contributed by atoms with Crippen molar-refractivity contribution in [2.45, 2.75) is 75.7 Å². The molecule has 2 amide bonds. The zero-order valence-electron chi connectivity index (χ0n) is 18.8. The van der Waals surface area contributed by atoms with E-state index in [1.165, 1.54) is 11.1 Å². The number of nitrogens with one attached hydrogen (secondary N) is 3. The first-order valence-corrected chi connectivity index (χ1v) is 12.4. The van der Waals surface area contributed by atoms with Crippen molar-refractivity contribution >= 4 is 29.4 Å². The molecule has 0 spiro atoms. The first kappa shape index (κ1) is 23.8. The number of hydrogen-bond acceptors (Lipinski definition) is 5. The summed E-state index contributed by atoms with van der Waals surface area (Å²) < 4.78 is 0. The Balaban J connectivity index is 1.43. The maximum Gasteiger partial charge on any atom is 0.237 e. The van der Waals surface area contributed by atoms with Crippen molar-refractivity contribution in [1.82, 2.24) is 16.0 Å². The van der Waals surface area contributed by atoms with Gasteiger partial charge in [-0.1, -0.05) is 31.2 Å². The van der Waals surface area contributed by atoms with E-state index in [-0.39, 0.29) is 46.9 Å². The summed E-state index contributed by atoms with van der Waals surface area (Å²) in [5, 5.41) is 9.20. The molecule has 170 valence electrons. The average molecular weight is 446 g/mol. The first-order chi connectivity index (χ1) is 14.9. The molecule has 31 heavy (non-hydrogen) atoms. The molecule has 1 aromatic carbocycles. The lowest BCUT2D eigenvalue weighted by Gasteiger charge is -2.29. The van der Waals surface area contributed by atoms with E-state index in [1.54, 1.807) is 25.7 Å². The lowest BCUT2D eigenvalue weighted by Crippen LogP contribution is -2.50.